The second-order valence-corrected chi connectivity index (χ2v) is 4.23. The van der Waals surface area contributed by atoms with Crippen LogP contribution in [0.2, 0.25) is 0 Å². The predicted molar refractivity (Wildman–Crippen MR) is 76.6 cm³/mol. The van der Waals surface area contributed by atoms with Crippen molar-refractivity contribution in [1.82, 2.24) is 4.57 Å². The molecular weight excluding hydrogens is 270 g/mol. The molecule has 0 saturated heterocycles. The fraction of sp³-hybridized carbons (Fsp3) is 0.133. The van der Waals surface area contributed by atoms with E-state index in [1.807, 2.05) is 36.4 Å². The number of carbonyl (C=O) groups excluding carboxylic acids is 1. The summed E-state index contributed by atoms with van der Waals surface area (Å²) in [5.41, 5.74) is 0.963. The van der Waals surface area contributed by atoms with Crippen molar-refractivity contribution < 1.29 is 9.53 Å². The van der Waals surface area contributed by atoms with Crippen LogP contribution in [0.25, 0.3) is 0 Å². The highest BCUT2D eigenvalue weighted by Gasteiger charge is 2.05. The van der Waals surface area contributed by atoms with Crippen LogP contribution in [0.4, 0.5) is 10.5 Å². The average molecular weight is 283 g/mol. The Morgan fingerprint density at radius 3 is 2.71 bits per heavy atom. The number of carbonyl (C=O) groups is 1. The smallest absolute Gasteiger partial charge is 0.412 e. The largest absolute Gasteiger partial charge is 0.444 e. The number of benzene rings is 1. The molecule has 1 N–H and O–H groups in total. The second-order valence-electron chi connectivity index (χ2n) is 4.23. The van der Waals surface area contributed by atoms with E-state index in [9.17, 15) is 9.59 Å². The van der Waals surface area contributed by atoms with E-state index in [4.69, 9.17) is 10.00 Å². The van der Waals surface area contributed by atoms with Crippen LogP contribution in [-0.4, -0.2) is 10.7 Å². The number of nitrogens with one attached hydrogen (secondary N) is 1. The topological polar surface area (TPSA) is 84.1 Å². The lowest BCUT2D eigenvalue weighted by Crippen LogP contribution is -2.20. The summed E-state index contributed by atoms with van der Waals surface area (Å²) in [4.78, 5) is 23.1. The van der Waals surface area contributed by atoms with Crippen molar-refractivity contribution >= 4 is 11.8 Å². The van der Waals surface area contributed by atoms with Crippen LogP contribution in [0.3, 0.4) is 0 Å². The molecule has 0 aliphatic carbocycles. The number of pyridine rings is 1. The summed E-state index contributed by atoms with van der Waals surface area (Å²) >= 11 is 0. The number of nitrogens with zero attached hydrogens (tertiary/aromatic N) is 2. The van der Waals surface area contributed by atoms with E-state index in [2.05, 4.69) is 5.32 Å². The molecule has 0 spiro atoms. The Kier molecular flexibility index (Phi) is 4.72. The number of rotatable bonds is 4. The molecule has 6 nitrogen and oxygen atoms in total. The first kappa shape index (κ1) is 14.3. The summed E-state index contributed by atoms with van der Waals surface area (Å²) in [6.45, 7) is 0.0813. The number of ether oxygens (including phenoxy) is 1. The maximum atomic E-state index is 11.7. The molecule has 0 fully saturated rings. The highest BCUT2D eigenvalue weighted by atomic mass is 16.5. The van der Waals surface area contributed by atoms with Gasteiger partial charge < -0.3 is 4.74 Å². The zero-order valence-electron chi connectivity index (χ0n) is 11.2. The van der Waals surface area contributed by atoms with Crippen LogP contribution in [-0.2, 0) is 17.9 Å². The van der Waals surface area contributed by atoms with Crippen molar-refractivity contribution in [2.45, 2.75) is 13.2 Å². The van der Waals surface area contributed by atoms with Crippen molar-refractivity contribution in [3.05, 3.63) is 64.6 Å². The highest BCUT2D eigenvalue weighted by Crippen LogP contribution is 2.06. The van der Waals surface area contributed by atoms with Gasteiger partial charge in [0, 0.05) is 12.3 Å². The summed E-state index contributed by atoms with van der Waals surface area (Å²) < 4.78 is 6.26. The monoisotopic (exact) mass is 283 g/mol. The van der Waals surface area contributed by atoms with Crippen molar-refractivity contribution in [1.29, 1.82) is 5.26 Å². The van der Waals surface area contributed by atoms with Gasteiger partial charge in [0.25, 0.3) is 5.56 Å². The first-order valence-corrected chi connectivity index (χ1v) is 6.24. The van der Waals surface area contributed by atoms with E-state index < -0.39 is 6.09 Å². The summed E-state index contributed by atoms with van der Waals surface area (Å²) in [5, 5.41) is 11.1. The number of amides is 1. The lowest BCUT2D eigenvalue weighted by atomic mass is 10.2. The first-order chi connectivity index (χ1) is 10.2. The molecule has 0 bridgehead atoms. The van der Waals surface area contributed by atoms with Crippen molar-refractivity contribution in [2.24, 2.45) is 0 Å². The third-order valence-corrected chi connectivity index (χ3v) is 2.68. The zero-order valence-corrected chi connectivity index (χ0v) is 11.2. The maximum absolute atomic E-state index is 11.7. The van der Waals surface area contributed by atoms with E-state index in [0.29, 0.717) is 5.69 Å². The SMILES string of the molecule is N#CCn1cc(NC(=O)OCc2ccccc2)ccc1=O. The Bertz CT molecular complexity index is 717. The lowest BCUT2D eigenvalue weighted by Gasteiger charge is -2.08. The Balaban J connectivity index is 1.95. The summed E-state index contributed by atoms with van der Waals surface area (Å²) in [6, 6.07) is 13.9. The molecule has 0 atom stereocenters. The molecule has 6 heteroatoms. The Hall–Kier alpha value is -3.07. The lowest BCUT2D eigenvalue weighted by molar-refractivity contribution is 0.155. The number of hydrogen-bond acceptors (Lipinski definition) is 4. The first-order valence-electron chi connectivity index (χ1n) is 6.24. The van der Waals surface area contributed by atoms with Gasteiger partial charge >= 0.3 is 6.09 Å². The standard InChI is InChI=1S/C15H13N3O3/c16-8-9-18-10-13(6-7-14(18)19)17-15(20)21-11-12-4-2-1-3-5-12/h1-7,10H,9,11H2,(H,17,20). The van der Waals surface area contributed by atoms with Gasteiger partial charge in [-0.2, -0.15) is 5.26 Å². The molecule has 21 heavy (non-hydrogen) atoms. The summed E-state index contributed by atoms with van der Waals surface area (Å²) in [7, 11) is 0. The Morgan fingerprint density at radius 1 is 1.24 bits per heavy atom. The molecule has 2 rings (SSSR count). The van der Waals surface area contributed by atoms with E-state index in [-0.39, 0.29) is 18.7 Å². The van der Waals surface area contributed by atoms with Gasteiger partial charge in [-0.1, -0.05) is 30.3 Å². The molecule has 1 heterocycles. The van der Waals surface area contributed by atoms with Gasteiger partial charge in [0.2, 0.25) is 0 Å². The van der Waals surface area contributed by atoms with Gasteiger partial charge in [0.05, 0.1) is 11.8 Å². The third kappa shape index (κ3) is 4.21. The van der Waals surface area contributed by atoms with Gasteiger partial charge in [-0.25, -0.2) is 4.79 Å². The van der Waals surface area contributed by atoms with Crippen LogP contribution in [0.1, 0.15) is 5.56 Å². The molecule has 0 saturated carbocycles. The second kappa shape index (κ2) is 6.91. The number of aromatic nitrogens is 1. The molecular formula is C15H13N3O3. The van der Waals surface area contributed by atoms with Crippen LogP contribution < -0.4 is 10.9 Å². The summed E-state index contributed by atoms with van der Waals surface area (Å²) in [6.07, 6.45) is 0.774. The van der Waals surface area contributed by atoms with Crippen LogP contribution >= 0.6 is 0 Å². The predicted octanol–water partition coefficient (Wildman–Crippen LogP) is 2.12. The van der Waals surface area contributed by atoms with E-state index in [1.165, 1.54) is 22.9 Å². The van der Waals surface area contributed by atoms with Crippen molar-refractivity contribution in [3.8, 4) is 6.07 Å². The minimum Gasteiger partial charge on any atom is -0.444 e. The number of anilines is 1. The summed E-state index contributed by atoms with van der Waals surface area (Å²) in [5.74, 6) is 0. The maximum Gasteiger partial charge on any atom is 0.412 e. The van der Waals surface area contributed by atoms with E-state index in [1.54, 1.807) is 0 Å². The Labute approximate surface area is 121 Å². The quantitative estimate of drug-likeness (QED) is 0.931. The highest BCUT2D eigenvalue weighted by molar-refractivity contribution is 5.84. The fourth-order valence-electron chi connectivity index (χ4n) is 1.68. The Morgan fingerprint density at radius 2 is 2.00 bits per heavy atom. The van der Waals surface area contributed by atoms with Crippen LogP contribution in [0, 0.1) is 11.3 Å². The van der Waals surface area contributed by atoms with Gasteiger partial charge in [-0.05, 0) is 11.6 Å². The number of hydrogen-bond donors (Lipinski definition) is 1. The van der Waals surface area contributed by atoms with E-state index in [0.717, 1.165) is 5.56 Å². The van der Waals surface area contributed by atoms with Gasteiger partial charge in [-0.15, -0.1) is 0 Å². The van der Waals surface area contributed by atoms with E-state index >= 15 is 0 Å². The van der Waals surface area contributed by atoms with Crippen LogP contribution in [0.15, 0.2) is 53.5 Å². The molecule has 1 amide bonds. The van der Waals surface area contributed by atoms with Crippen molar-refractivity contribution in [3.63, 3.8) is 0 Å². The van der Waals surface area contributed by atoms with Crippen LogP contribution in [0.5, 0.6) is 0 Å². The average Bonchev–Trinajstić information content (AvgIpc) is 2.50. The third-order valence-electron chi connectivity index (χ3n) is 2.68. The number of nitriles is 1. The zero-order chi connectivity index (χ0) is 15.1. The molecule has 0 aliphatic rings. The minimum absolute atomic E-state index is 0.0760. The molecule has 0 aliphatic heterocycles. The van der Waals surface area contributed by atoms with Gasteiger partial charge in [-0.3, -0.25) is 14.7 Å². The van der Waals surface area contributed by atoms with Gasteiger partial charge in [0.15, 0.2) is 0 Å². The van der Waals surface area contributed by atoms with Gasteiger partial charge in [0.1, 0.15) is 13.2 Å². The minimum atomic E-state index is -0.624. The fourth-order valence-corrected chi connectivity index (χ4v) is 1.68. The molecule has 1 aromatic carbocycles. The molecule has 0 unspecified atom stereocenters. The molecule has 106 valence electrons. The normalized spacial score (nSPS) is 9.67. The van der Waals surface area contributed by atoms with Crippen molar-refractivity contribution in [2.75, 3.05) is 5.32 Å². The molecule has 1 aromatic heterocycles. The molecule has 0 radical (unpaired) electrons. The molecule has 2 aromatic rings.